The Labute approximate surface area is 148 Å². The average Bonchev–Trinajstić information content (AvgIpc) is 2.53. The lowest BCUT2D eigenvalue weighted by Gasteiger charge is -2.11. The summed E-state index contributed by atoms with van der Waals surface area (Å²) < 4.78 is 11.5. The molecule has 0 heterocycles. The Hall–Kier alpha value is -1.92. The van der Waals surface area contributed by atoms with Gasteiger partial charge in [-0.05, 0) is 46.3 Å². The van der Waals surface area contributed by atoms with E-state index in [9.17, 15) is 4.79 Å². The zero-order chi connectivity index (χ0) is 16.7. The van der Waals surface area contributed by atoms with E-state index in [4.69, 9.17) is 21.1 Å². The maximum absolute atomic E-state index is 11.8. The van der Waals surface area contributed by atoms with Gasteiger partial charge in [-0.15, -0.1) is 0 Å². The molecule has 0 fully saturated rings. The Kier molecular flexibility index (Phi) is 6.55. The molecule has 2 N–H and O–H groups in total. The molecule has 0 aliphatic rings. The first-order valence-electron chi connectivity index (χ1n) is 6.86. The van der Waals surface area contributed by atoms with Gasteiger partial charge in [-0.25, -0.2) is 4.79 Å². The molecule has 0 spiro atoms. The van der Waals surface area contributed by atoms with Crippen LogP contribution in [-0.4, -0.2) is 26.3 Å². The fourth-order valence-corrected chi connectivity index (χ4v) is 2.46. The number of carbonyl (C=O) groups is 1. The van der Waals surface area contributed by atoms with Crippen LogP contribution in [-0.2, 0) is 0 Å². The molecule has 2 aromatic rings. The van der Waals surface area contributed by atoms with Crippen molar-refractivity contribution in [2.75, 3.05) is 25.6 Å². The van der Waals surface area contributed by atoms with E-state index in [0.29, 0.717) is 29.6 Å². The number of anilines is 1. The molecule has 0 unspecified atom stereocenters. The summed E-state index contributed by atoms with van der Waals surface area (Å²) in [5.74, 6) is 1.29. The Bertz CT molecular complexity index is 682. The van der Waals surface area contributed by atoms with Crippen molar-refractivity contribution < 1.29 is 14.3 Å². The van der Waals surface area contributed by atoms with Gasteiger partial charge >= 0.3 is 6.03 Å². The van der Waals surface area contributed by atoms with Crippen molar-refractivity contribution in [2.24, 2.45) is 0 Å². The van der Waals surface area contributed by atoms with Gasteiger partial charge in [0.15, 0.2) is 0 Å². The molecule has 23 heavy (non-hydrogen) atoms. The summed E-state index contributed by atoms with van der Waals surface area (Å²) in [6.07, 6.45) is 0. The number of hydrogen-bond donors (Lipinski definition) is 2. The van der Waals surface area contributed by atoms with Crippen LogP contribution in [0.4, 0.5) is 10.5 Å². The second kappa shape index (κ2) is 8.64. The third-order valence-corrected chi connectivity index (χ3v) is 3.84. The van der Waals surface area contributed by atoms with E-state index in [1.165, 1.54) is 7.11 Å². The second-order valence-corrected chi connectivity index (χ2v) is 5.77. The molecule has 7 heteroatoms. The minimum Gasteiger partial charge on any atom is -0.495 e. The zero-order valence-corrected chi connectivity index (χ0v) is 14.8. The Balaban J connectivity index is 1.75. The number of ether oxygens (including phenoxy) is 2. The van der Waals surface area contributed by atoms with E-state index in [0.717, 1.165) is 10.2 Å². The molecular formula is C16H16BrClN2O3. The quantitative estimate of drug-likeness (QED) is 0.712. The topological polar surface area (TPSA) is 59.6 Å². The highest BCUT2D eigenvalue weighted by atomic mass is 79.9. The van der Waals surface area contributed by atoms with Crippen molar-refractivity contribution in [2.45, 2.75) is 0 Å². The number of amides is 2. The molecule has 122 valence electrons. The largest absolute Gasteiger partial charge is 0.495 e. The van der Waals surface area contributed by atoms with E-state index in [2.05, 4.69) is 26.6 Å². The lowest BCUT2D eigenvalue weighted by Crippen LogP contribution is -2.32. The van der Waals surface area contributed by atoms with Crippen LogP contribution >= 0.6 is 27.5 Å². The number of methoxy groups -OCH3 is 1. The SMILES string of the molecule is COc1ccc(NC(=O)NCCOc2ccccc2Br)cc1Cl. The van der Waals surface area contributed by atoms with Gasteiger partial charge in [0.05, 0.1) is 23.1 Å². The van der Waals surface area contributed by atoms with Crippen molar-refractivity contribution >= 4 is 39.2 Å². The monoisotopic (exact) mass is 398 g/mol. The normalized spacial score (nSPS) is 10.0. The molecule has 2 aromatic carbocycles. The average molecular weight is 400 g/mol. The molecule has 2 rings (SSSR count). The molecule has 0 atom stereocenters. The van der Waals surface area contributed by atoms with Crippen LogP contribution in [0, 0.1) is 0 Å². The van der Waals surface area contributed by atoms with E-state index >= 15 is 0 Å². The first-order valence-corrected chi connectivity index (χ1v) is 8.03. The van der Waals surface area contributed by atoms with Crippen LogP contribution in [0.25, 0.3) is 0 Å². The third kappa shape index (κ3) is 5.33. The predicted molar refractivity (Wildman–Crippen MR) is 94.7 cm³/mol. The summed E-state index contributed by atoms with van der Waals surface area (Å²) in [6.45, 7) is 0.733. The van der Waals surface area contributed by atoms with Gasteiger partial charge in [-0.3, -0.25) is 0 Å². The van der Waals surface area contributed by atoms with Crippen LogP contribution in [0.3, 0.4) is 0 Å². The summed E-state index contributed by atoms with van der Waals surface area (Å²) in [5.41, 5.74) is 0.583. The Morgan fingerprint density at radius 2 is 2.00 bits per heavy atom. The molecule has 0 aliphatic carbocycles. The summed E-state index contributed by atoms with van der Waals surface area (Å²) >= 11 is 9.39. The molecule has 0 aliphatic heterocycles. The summed E-state index contributed by atoms with van der Waals surface area (Å²) in [5, 5.41) is 5.83. The lowest BCUT2D eigenvalue weighted by atomic mass is 10.3. The maximum Gasteiger partial charge on any atom is 0.319 e. The summed E-state index contributed by atoms with van der Waals surface area (Å²) in [6, 6.07) is 12.2. The predicted octanol–water partition coefficient (Wildman–Crippen LogP) is 4.31. The van der Waals surface area contributed by atoms with Crippen molar-refractivity contribution in [3.8, 4) is 11.5 Å². The summed E-state index contributed by atoms with van der Waals surface area (Å²) in [7, 11) is 1.53. The number of carbonyl (C=O) groups excluding carboxylic acids is 1. The number of halogens is 2. The van der Waals surface area contributed by atoms with Crippen LogP contribution in [0.5, 0.6) is 11.5 Å². The number of nitrogens with one attached hydrogen (secondary N) is 2. The zero-order valence-electron chi connectivity index (χ0n) is 12.4. The van der Waals surface area contributed by atoms with Crippen LogP contribution in [0.1, 0.15) is 0 Å². The van der Waals surface area contributed by atoms with Gasteiger partial charge in [-0.2, -0.15) is 0 Å². The minimum atomic E-state index is -0.332. The highest BCUT2D eigenvalue weighted by Crippen LogP contribution is 2.27. The van der Waals surface area contributed by atoms with Gasteiger partial charge in [-0.1, -0.05) is 23.7 Å². The molecule has 2 amide bonds. The van der Waals surface area contributed by atoms with Crippen molar-refractivity contribution in [3.05, 3.63) is 52.0 Å². The van der Waals surface area contributed by atoms with Gasteiger partial charge in [0, 0.05) is 5.69 Å². The van der Waals surface area contributed by atoms with E-state index in [1.54, 1.807) is 18.2 Å². The molecule has 0 saturated carbocycles. The second-order valence-electron chi connectivity index (χ2n) is 4.51. The standard InChI is InChI=1S/C16H16BrClN2O3/c1-22-15-7-6-11(10-13(15)18)20-16(21)19-8-9-23-14-5-3-2-4-12(14)17/h2-7,10H,8-9H2,1H3,(H2,19,20,21). The van der Waals surface area contributed by atoms with Crippen molar-refractivity contribution in [1.29, 1.82) is 0 Å². The van der Waals surface area contributed by atoms with Gasteiger partial charge in [0.25, 0.3) is 0 Å². The molecule has 0 bridgehead atoms. The van der Waals surface area contributed by atoms with Gasteiger partial charge < -0.3 is 20.1 Å². The smallest absolute Gasteiger partial charge is 0.319 e. The molecular weight excluding hydrogens is 384 g/mol. The Morgan fingerprint density at radius 3 is 2.70 bits per heavy atom. The first kappa shape index (κ1) is 17.4. The van der Waals surface area contributed by atoms with Crippen molar-refractivity contribution in [3.63, 3.8) is 0 Å². The molecule has 5 nitrogen and oxygen atoms in total. The van der Waals surface area contributed by atoms with Gasteiger partial charge in [0.1, 0.15) is 18.1 Å². The third-order valence-electron chi connectivity index (χ3n) is 2.89. The van der Waals surface area contributed by atoms with Crippen LogP contribution in [0.15, 0.2) is 46.9 Å². The minimum absolute atomic E-state index is 0.332. The molecule has 0 saturated heterocycles. The lowest BCUT2D eigenvalue weighted by molar-refractivity contribution is 0.247. The first-order chi connectivity index (χ1) is 11.1. The highest BCUT2D eigenvalue weighted by Gasteiger charge is 2.05. The summed E-state index contributed by atoms with van der Waals surface area (Å²) in [4.78, 5) is 11.8. The number of urea groups is 1. The fraction of sp³-hybridized carbons (Fsp3) is 0.188. The number of rotatable bonds is 6. The molecule has 0 aromatic heterocycles. The molecule has 0 radical (unpaired) electrons. The Morgan fingerprint density at radius 1 is 1.22 bits per heavy atom. The van der Waals surface area contributed by atoms with Gasteiger partial charge in [0.2, 0.25) is 0 Å². The van der Waals surface area contributed by atoms with E-state index < -0.39 is 0 Å². The van der Waals surface area contributed by atoms with Crippen LogP contribution < -0.4 is 20.1 Å². The number of benzene rings is 2. The number of hydrogen-bond acceptors (Lipinski definition) is 3. The highest BCUT2D eigenvalue weighted by molar-refractivity contribution is 9.10. The van der Waals surface area contributed by atoms with E-state index in [1.807, 2.05) is 24.3 Å². The number of para-hydroxylation sites is 1. The van der Waals surface area contributed by atoms with E-state index in [-0.39, 0.29) is 6.03 Å². The fourth-order valence-electron chi connectivity index (χ4n) is 1.81. The van der Waals surface area contributed by atoms with Crippen LogP contribution in [0.2, 0.25) is 5.02 Å². The van der Waals surface area contributed by atoms with Crippen molar-refractivity contribution in [1.82, 2.24) is 5.32 Å². The maximum atomic E-state index is 11.8.